The maximum atomic E-state index is 12.8. The lowest BCUT2D eigenvalue weighted by Crippen LogP contribution is -2.48. The predicted octanol–water partition coefficient (Wildman–Crippen LogP) is -0.508. The minimum absolute atomic E-state index is 0.208. The second-order valence-electron chi connectivity index (χ2n) is 5.09. The van der Waals surface area contributed by atoms with E-state index >= 15 is 0 Å². The van der Waals surface area contributed by atoms with Gasteiger partial charge >= 0.3 is 0 Å². The first-order valence-corrected chi connectivity index (χ1v) is 8.48. The molecule has 1 aliphatic rings. The summed E-state index contributed by atoms with van der Waals surface area (Å²) in [7, 11) is -3.57. The van der Waals surface area contributed by atoms with Crippen LogP contribution in [0.25, 0.3) is 5.69 Å². The van der Waals surface area contributed by atoms with Gasteiger partial charge in [0.15, 0.2) is 0 Å². The molecule has 1 aliphatic heterocycles. The summed E-state index contributed by atoms with van der Waals surface area (Å²) in [4.78, 5) is 2.14. The molecule has 0 amide bonds. The molecular formula is C13H15N7O2S. The summed E-state index contributed by atoms with van der Waals surface area (Å²) in [6.07, 6.45) is 1.41. The molecule has 2 heterocycles. The lowest BCUT2D eigenvalue weighted by Gasteiger charge is -2.32. The van der Waals surface area contributed by atoms with Gasteiger partial charge in [-0.1, -0.05) is 6.07 Å². The van der Waals surface area contributed by atoms with Crippen LogP contribution in [0.1, 0.15) is 0 Å². The molecule has 0 unspecified atom stereocenters. The number of tetrazole rings is 1. The number of sulfonamides is 1. The van der Waals surface area contributed by atoms with Crippen LogP contribution in [-0.2, 0) is 10.0 Å². The Bertz CT molecular complexity index is 805. The number of nitriles is 1. The van der Waals surface area contributed by atoms with Crippen LogP contribution in [0.5, 0.6) is 0 Å². The second-order valence-corrected chi connectivity index (χ2v) is 7.03. The van der Waals surface area contributed by atoms with E-state index in [0.717, 1.165) is 0 Å². The molecule has 2 aromatic rings. The van der Waals surface area contributed by atoms with Gasteiger partial charge in [-0.3, -0.25) is 4.90 Å². The van der Waals surface area contributed by atoms with E-state index in [1.807, 2.05) is 4.90 Å². The van der Waals surface area contributed by atoms with Crippen LogP contribution in [-0.4, -0.2) is 70.6 Å². The van der Waals surface area contributed by atoms with Crippen molar-refractivity contribution in [1.29, 1.82) is 5.26 Å². The maximum Gasteiger partial charge on any atom is 0.243 e. The summed E-state index contributed by atoms with van der Waals surface area (Å²) in [5.41, 5.74) is 0.583. The van der Waals surface area contributed by atoms with Crippen LogP contribution in [0.2, 0.25) is 0 Å². The predicted molar refractivity (Wildman–Crippen MR) is 80.0 cm³/mol. The average Bonchev–Trinajstić information content (AvgIpc) is 3.10. The molecule has 1 aromatic heterocycles. The number of hydrogen-bond donors (Lipinski definition) is 0. The monoisotopic (exact) mass is 333 g/mol. The third-order valence-corrected chi connectivity index (χ3v) is 5.59. The van der Waals surface area contributed by atoms with Gasteiger partial charge in [0.1, 0.15) is 6.33 Å². The Balaban J connectivity index is 1.81. The molecule has 1 fully saturated rings. The normalized spacial score (nSPS) is 17.0. The smallest absolute Gasteiger partial charge is 0.243 e. The molecule has 0 radical (unpaired) electrons. The van der Waals surface area contributed by atoms with Crippen molar-refractivity contribution in [1.82, 2.24) is 29.4 Å². The van der Waals surface area contributed by atoms with E-state index in [-0.39, 0.29) is 4.90 Å². The third-order valence-electron chi connectivity index (χ3n) is 3.69. The zero-order valence-corrected chi connectivity index (χ0v) is 13.1. The van der Waals surface area contributed by atoms with E-state index in [2.05, 4.69) is 21.6 Å². The fourth-order valence-electron chi connectivity index (χ4n) is 2.44. The Labute approximate surface area is 133 Å². The summed E-state index contributed by atoms with van der Waals surface area (Å²) >= 11 is 0. The van der Waals surface area contributed by atoms with Crippen molar-refractivity contribution in [2.45, 2.75) is 4.90 Å². The Hall–Kier alpha value is -2.35. The van der Waals surface area contributed by atoms with Crippen LogP contribution in [0.3, 0.4) is 0 Å². The molecule has 0 spiro atoms. The van der Waals surface area contributed by atoms with Gasteiger partial charge in [-0.15, -0.1) is 5.10 Å². The zero-order chi connectivity index (χ0) is 16.3. The van der Waals surface area contributed by atoms with Gasteiger partial charge in [-0.25, -0.2) is 13.1 Å². The van der Waals surface area contributed by atoms with Gasteiger partial charge in [0, 0.05) is 26.2 Å². The van der Waals surface area contributed by atoms with Gasteiger partial charge in [-0.05, 0) is 28.6 Å². The molecule has 23 heavy (non-hydrogen) atoms. The summed E-state index contributed by atoms with van der Waals surface area (Å²) in [5.74, 6) is 0. The van der Waals surface area contributed by atoms with Gasteiger partial charge in [-0.2, -0.15) is 9.57 Å². The number of rotatable bonds is 4. The second kappa shape index (κ2) is 6.41. The molecule has 0 aliphatic carbocycles. The van der Waals surface area contributed by atoms with Crippen molar-refractivity contribution >= 4 is 10.0 Å². The topological polar surface area (TPSA) is 108 Å². The highest BCUT2D eigenvalue weighted by Crippen LogP contribution is 2.20. The average molecular weight is 333 g/mol. The van der Waals surface area contributed by atoms with Crippen molar-refractivity contribution in [3.8, 4) is 11.8 Å². The largest absolute Gasteiger partial charge is 0.288 e. The van der Waals surface area contributed by atoms with Crippen molar-refractivity contribution in [2.24, 2.45) is 0 Å². The van der Waals surface area contributed by atoms with Gasteiger partial charge < -0.3 is 0 Å². The number of hydrogen-bond acceptors (Lipinski definition) is 7. The van der Waals surface area contributed by atoms with E-state index in [1.165, 1.54) is 15.3 Å². The van der Waals surface area contributed by atoms with E-state index in [9.17, 15) is 8.42 Å². The summed E-state index contributed by atoms with van der Waals surface area (Å²) in [5, 5.41) is 19.6. The highest BCUT2D eigenvalue weighted by molar-refractivity contribution is 7.89. The summed E-state index contributed by atoms with van der Waals surface area (Å²) < 4.78 is 28.4. The minimum Gasteiger partial charge on any atom is -0.288 e. The van der Waals surface area contributed by atoms with Crippen LogP contribution < -0.4 is 0 Å². The Morgan fingerprint density at radius 1 is 1.22 bits per heavy atom. The lowest BCUT2D eigenvalue weighted by atomic mass is 10.3. The zero-order valence-electron chi connectivity index (χ0n) is 12.3. The molecule has 0 bridgehead atoms. The highest BCUT2D eigenvalue weighted by Gasteiger charge is 2.28. The van der Waals surface area contributed by atoms with Crippen LogP contribution in [0.15, 0.2) is 35.5 Å². The van der Waals surface area contributed by atoms with Crippen molar-refractivity contribution in [3.05, 3.63) is 30.6 Å². The summed E-state index contributed by atoms with van der Waals surface area (Å²) in [6, 6.07) is 8.59. The SMILES string of the molecule is N#CCN1CCN(S(=O)(=O)c2cccc(-n3cnnn3)c2)CC1. The fourth-order valence-corrected chi connectivity index (χ4v) is 3.91. The third kappa shape index (κ3) is 3.21. The van der Waals surface area contributed by atoms with Crippen molar-refractivity contribution in [3.63, 3.8) is 0 Å². The molecule has 10 heteroatoms. The molecule has 9 nitrogen and oxygen atoms in total. The van der Waals surface area contributed by atoms with Gasteiger partial charge in [0.2, 0.25) is 10.0 Å². The summed E-state index contributed by atoms with van der Waals surface area (Å²) in [6.45, 7) is 2.18. The van der Waals surface area contributed by atoms with E-state index < -0.39 is 10.0 Å². The molecule has 3 rings (SSSR count). The molecule has 1 aromatic carbocycles. The Kier molecular flexibility index (Phi) is 4.33. The molecule has 1 saturated heterocycles. The molecule has 0 saturated carbocycles. The first kappa shape index (κ1) is 15.5. The molecular weight excluding hydrogens is 318 g/mol. The van der Waals surface area contributed by atoms with Crippen molar-refractivity contribution in [2.75, 3.05) is 32.7 Å². The molecule has 0 N–H and O–H groups in total. The van der Waals surface area contributed by atoms with Crippen LogP contribution >= 0.6 is 0 Å². The number of benzene rings is 1. The Morgan fingerprint density at radius 2 is 2.00 bits per heavy atom. The number of aromatic nitrogens is 4. The van der Waals surface area contributed by atoms with E-state index in [0.29, 0.717) is 38.4 Å². The van der Waals surface area contributed by atoms with Gasteiger partial charge in [0.25, 0.3) is 0 Å². The van der Waals surface area contributed by atoms with Crippen molar-refractivity contribution < 1.29 is 8.42 Å². The van der Waals surface area contributed by atoms with Crippen LogP contribution in [0, 0.1) is 11.3 Å². The number of piperazine rings is 1. The highest BCUT2D eigenvalue weighted by atomic mass is 32.2. The molecule has 0 atom stereocenters. The first-order chi connectivity index (χ1) is 11.1. The number of nitrogens with zero attached hydrogens (tertiary/aromatic N) is 7. The Morgan fingerprint density at radius 3 is 2.65 bits per heavy atom. The minimum atomic E-state index is -3.57. The lowest BCUT2D eigenvalue weighted by molar-refractivity contribution is 0.206. The van der Waals surface area contributed by atoms with E-state index in [1.54, 1.807) is 24.3 Å². The maximum absolute atomic E-state index is 12.8. The molecule has 120 valence electrons. The fraction of sp³-hybridized carbons (Fsp3) is 0.385. The standard InChI is InChI=1S/C13H15N7O2S/c14-4-5-18-6-8-19(9-7-18)23(21,22)13-3-1-2-12(10-13)20-11-15-16-17-20/h1-3,10-11H,5-9H2. The first-order valence-electron chi connectivity index (χ1n) is 7.04. The van der Waals surface area contributed by atoms with Crippen LogP contribution in [0.4, 0.5) is 0 Å². The quantitative estimate of drug-likeness (QED) is 0.693. The van der Waals surface area contributed by atoms with E-state index in [4.69, 9.17) is 5.26 Å². The van der Waals surface area contributed by atoms with Gasteiger partial charge in [0.05, 0.1) is 23.2 Å².